The molecule has 53 valence electrons. The SMILES string of the molecule is C#CN([C]=O)c1ccccc1. The molecule has 1 aromatic rings. The van der Waals surface area contributed by atoms with Crippen molar-refractivity contribution in [1.82, 2.24) is 0 Å². The Balaban J connectivity index is 2.93. The third-order valence-electron chi connectivity index (χ3n) is 1.23. The van der Waals surface area contributed by atoms with Gasteiger partial charge < -0.3 is 0 Å². The fourth-order valence-electron chi connectivity index (χ4n) is 0.731. The van der Waals surface area contributed by atoms with Crippen molar-refractivity contribution in [3.05, 3.63) is 30.3 Å². The molecule has 0 saturated carbocycles. The average molecular weight is 144 g/mol. The predicted molar refractivity (Wildman–Crippen MR) is 43.4 cm³/mol. The van der Waals surface area contributed by atoms with Crippen LogP contribution in [0.1, 0.15) is 0 Å². The molecular weight excluding hydrogens is 138 g/mol. The van der Waals surface area contributed by atoms with Gasteiger partial charge in [-0.1, -0.05) is 24.6 Å². The van der Waals surface area contributed by atoms with E-state index in [1.165, 1.54) is 0 Å². The highest BCUT2D eigenvalue weighted by Crippen LogP contribution is 2.09. The molecule has 0 aliphatic carbocycles. The van der Waals surface area contributed by atoms with E-state index in [1.54, 1.807) is 30.7 Å². The normalized spacial score (nSPS) is 8.27. The van der Waals surface area contributed by atoms with Crippen LogP contribution in [0.3, 0.4) is 0 Å². The van der Waals surface area contributed by atoms with Crippen LogP contribution in [0.15, 0.2) is 30.3 Å². The zero-order valence-electron chi connectivity index (χ0n) is 5.82. The quantitative estimate of drug-likeness (QED) is 0.450. The van der Waals surface area contributed by atoms with Gasteiger partial charge in [-0.25, -0.2) is 4.90 Å². The monoisotopic (exact) mass is 144 g/mol. The van der Waals surface area contributed by atoms with Gasteiger partial charge in [-0.15, -0.1) is 0 Å². The summed E-state index contributed by atoms with van der Waals surface area (Å²) in [5.74, 6) is 0. The lowest BCUT2D eigenvalue weighted by Gasteiger charge is -2.05. The largest absolute Gasteiger partial charge is 0.329 e. The average Bonchev–Trinajstić information content (AvgIpc) is 2.09. The van der Waals surface area contributed by atoms with Gasteiger partial charge in [0, 0.05) is 6.04 Å². The van der Waals surface area contributed by atoms with Crippen LogP contribution < -0.4 is 4.90 Å². The summed E-state index contributed by atoms with van der Waals surface area (Å²) in [4.78, 5) is 11.3. The molecule has 0 saturated heterocycles. The van der Waals surface area contributed by atoms with Crippen molar-refractivity contribution in [3.63, 3.8) is 0 Å². The highest BCUT2D eigenvalue weighted by molar-refractivity contribution is 5.79. The molecule has 0 bridgehead atoms. The summed E-state index contributed by atoms with van der Waals surface area (Å²) in [6.07, 6.45) is 6.64. The molecule has 0 unspecified atom stereocenters. The second-order valence-electron chi connectivity index (χ2n) is 1.89. The second-order valence-corrected chi connectivity index (χ2v) is 1.89. The molecule has 0 heterocycles. The fraction of sp³-hybridized carbons (Fsp3) is 0. The molecule has 2 heteroatoms. The first-order chi connectivity index (χ1) is 5.38. The Kier molecular flexibility index (Phi) is 2.29. The lowest BCUT2D eigenvalue weighted by atomic mass is 10.3. The summed E-state index contributed by atoms with van der Waals surface area (Å²) in [6, 6.07) is 11.1. The number of anilines is 1. The first kappa shape index (κ1) is 7.36. The predicted octanol–water partition coefficient (Wildman–Crippen LogP) is 1.15. The van der Waals surface area contributed by atoms with Crippen LogP contribution in [0.2, 0.25) is 0 Å². The molecule has 0 fully saturated rings. The Morgan fingerprint density at radius 2 is 1.91 bits per heavy atom. The van der Waals surface area contributed by atoms with Gasteiger partial charge in [0.15, 0.2) is 0 Å². The highest BCUT2D eigenvalue weighted by Gasteiger charge is 1.98. The van der Waals surface area contributed by atoms with Crippen LogP contribution in [-0.4, -0.2) is 6.41 Å². The topological polar surface area (TPSA) is 20.3 Å². The molecule has 0 N–H and O–H groups in total. The molecule has 0 aromatic heterocycles. The molecule has 0 aliphatic rings. The van der Waals surface area contributed by atoms with Gasteiger partial charge in [0.05, 0.1) is 5.69 Å². The molecule has 0 atom stereocenters. The van der Waals surface area contributed by atoms with E-state index >= 15 is 0 Å². The van der Waals surface area contributed by atoms with Gasteiger partial charge in [0.25, 0.3) is 0 Å². The Morgan fingerprint density at radius 3 is 2.36 bits per heavy atom. The minimum atomic E-state index is 0.657. The third kappa shape index (κ3) is 1.59. The van der Waals surface area contributed by atoms with Gasteiger partial charge >= 0.3 is 6.41 Å². The summed E-state index contributed by atoms with van der Waals surface area (Å²) < 4.78 is 0. The first-order valence-electron chi connectivity index (χ1n) is 3.07. The number of para-hydroxylation sites is 1. The van der Waals surface area contributed by atoms with Gasteiger partial charge in [-0.3, -0.25) is 4.79 Å². The minimum absolute atomic E-state index is 0.657. The smallest absolute Gasteiger partial charge is 0.262 e. The molecule has 2 nitrogen and oxygen atoms in total. The Hall–Kier alpha value is -1.75. The van der Waals surface area contributed by atoms with E-state index in [4.69, 9.17) is 6.42 Å². The first-order valence-corrected chi connectivity index (χ1v) is 3.07. The van der Waals surface area contributed by atoms with E-state index in [-0.39, 0.29) is 0 Å². The zero-order valence-corrected chi connectivity index (χ0v) is 5.82. The highest BCUT2D eigenvalue weighted by atomic mass is 16.1. The van der Waals surface area contributed by atoms with Gasteiger partial charge in [0.2, 0.25) is 0 Å². The van der Waals surface area contributed by atoms with E-state index in [2.05, 4.69) is 6.04 Å². The molecular formula is C9H6NO. The van der Waals surface area contributed by atoms with E-state index in [1.807, 2.05) is 6.07 Å². The number of carbonyl (C=O) groups excluding carboxylic acids is 1. The van der Waals surface area contributed by atoms with Gasteiger partial charge in [-0.05, 0) is 12.1 Å². The van der Waals surface area contributed by atoms with Crippen molar-refractivity contribution in [1.29, 1.82) is 0 Å². The number of nitrogens with zero attached hydrogens (tertiary/aromatic N) is 1. The van der Waals surface area contributed by atoms with Crippen molar-refractivity contribution in [2.75, 3.05) is 4.90 Å². The van der Waals surface area contributed by atoms with Gasteiger partial charge in [-0.2, -0.15) is 0 Å². The number of terminal acetylenes is 1. The van der Waals surface area contributed by atoms with Crippen molar-refractivity contribution >= 4 is 12.1 Å². The van der Waals surface area contributed by atoms with Crippen molar-refractivity contribution in [2.24, 2.45) is 0 Å². The molecule has 0 aliphatic heterocycles. The molecule has 11 heavy (non-hydrogen) atoms. The van der Waals surface area contributed by atoms with Crippen molar-refractivity contribution in [3.8, 4) is 12.5 Å². The summed E-state index contributed by atoms with van der Waals surface area (Å²) in [5.41, 5.74) is 0.657. The van der Waals surface area contributed by atoms with Gasteiger partial charge in [0.1, 0.15) is 0 Å². The van der Waals surface area contributed by atoms with E-state index in [9.17, 15) is 4.79 Å². The van der Waals surface area contributed by atoms with E-state index in [0.717, 1.165) is 4.90 Å². The van der Waals surface area contributed by atoms with Crippen LogP contribution in [0.5, 0.6) is 0 Å². The van der Waals surface area contributed by atoms with E-state index < -0.39 is 0 Å². The number of hydrogen-bond acceptors (Lipinski definition) is 1. The maximum Gasteiger partial charge on any atom is 0.329 e. The number of benzene rings is 1. The number of hydrogen-bond donors (Lipinski definition) is 0. The Bertz CT molecular complexity index is 273. The second kappa shape index (κ2) is 3.43. The standard InChI is InChI=1S/C9H6NO/c1-2-10(8-11)9-6-4-3-5-7-9/h1,3-7H. The lowest BCUT2D eigenvalue weighted by molar-refractivity contribution is 0.556. The summed E-state index contributed by atoms with van der Waals surface area (Å²) in [6.45, 7) is 0. The van der Waals surface area contributed by atoms with Crippen LogP contribution in [-0.2, 0) is 4.79 Å². The van der Waals surface area contributed by atoms with Crippen molar-refractivity contribution < 1.29 is 4.79 Å². The molecule has 1 radical (unpaired) electrons. The summed E-state index contributed by atoms with van der Waals surface area (Å²) in [7, 11) is 0. The van der Waals surface area contributed by atoms with Crippen LogP contribution >= 0.6 is 0 Å². The molecule has 1 aromatic carbocycles. The van der Waals surface area contributed by atoms with Crippen LogP contribution in [0.4, 0.5) is 5.69 Å². The Labute approximate surface area is 65.4 Å². The molecule has 1 amide bonds. The molecule has 1 rings (SSSR count). The van der Waals surface area contributed by atoms with Crippen LogP contribution in [0.25, 0.3) is 0 Å². The Morgan fingerprint density at radius 1 is 1.27 bits per heavy atom. The van der Waals surface area contributed by atoms with Crippen LogP contribution in [0, 0.1) is 12.5 Å². The lowest BCUT2D eigenvalue weighted by Crippen LogP contribution is -2.12. The summed E-state index contributed by atoms with van der Waals surface area (Å²) in [5, 5.41) is 0. The number of rotatable bonds is 2. The molecule has 0 spiro atoms. The maximum atomic E-state index is 10.2. The maximum absolute atomic E-state index is 10.2. The fourth-order valence-corrected chi connectivity index (χ4v) is 0.731. The third-order valence-corrected chi connectivity index (χ3v) is 1.23. The van der Waals surface area contributed by atoms with Crippen molar-refractivity contribution in [2.45, 2.75) is 0 Å². The zero-order chi connectivity index (χ0) is 8.10. The summed E-state index contributed by atoms with van der Waals surface area (Å²) >= 11 is 0. The minimum Gasteiger partial charge on any atom is -0.262 e. The van der Waals surface area contributed by atoms with E-state index in [0.29, 0.717) is 5.69 Å². The number of amides is 1.